The highest BCUT2D eigenvalue weighted by Gasteiger charge is 2.10. The summed E-state index contributed by atoms with van der Waals surface area (Å²) in [5.74, 6) is -0.958. The number of hydrogen-bond acceptors (Lipinski definition) is 2. The molecule has 0 aliphatic rings. The van der Waals surface area contributed by atoms with E-state index in [9.17, 15) is 4.79 Å². The lowest BCUT2D eigenvalue weighted by atomic mass is 10.2. The zero-order valence-electron chi connectivity index (χ0n) is 7.98. The van der Waals surface area contributed by atoms with E-state index in [2.05, 4.69) is 4.98 Å². The molecule has 0 atom stereocenters. The average Bonchev–Trinajstić information content (AvgIpc) is 2.48. The lowest BCUT2D eigenvalue weighted by Crippen LogP contribution is -2.02. The Bertz CT molecular complexity index is 514. The largest absolute Gasteiger partial charge is 0.477 e. The second-order valence-corrected chi connectivity index (χ2v) is 3.32. The third kappa shape index (κ3) is 1.16. The van der Waals surface area contributed by atoms with E-state index in [1.54, 1.807) is 10.6 Å². The number of nitrogens with zero attached hydrogens (tertiary/aromatic N) is 2. The molecule has 0 aliphatic heterocycles. The molecule has 0 fully saturated rings. The van der Waals surface area contributed by atoms with Crippen LogP contribution >= 0.6 is 0 Å². The minimum absolute atomic E-state index is 0.197. The number of aromatic carboxylic acids is 1. The van der Waals surface area contributed by atoms with Crippen LogP contribution in [0.15, 0.2) is 18.5 Å². The summed E-state index contributed by atoms with van der Waals surface area (Å²) in [6, 6.07) is 1.88. The molecule has 0 saturated carbocycles. The average molecular weight is 190 g/mol. The molecule has 0 bridgehead atoms. The number of aromatic nitrogens is 2. The second kappa shape index (κ2) is 2.83. The summed E-state index contributed by atoms with van der Waals surface area (Å²) in [5.41, 5.74) is 3.03. The van der Waals surface area contributed by atoms with Gasteiger partial charge in [-0.05, 0) is 31.0 Å². The van der Waals surface area contributed by atoms with Crippen molar-refractivity contribution in [1.82, 2.24) is 9.38 Å². The molecule has 2 aromatic rings. The van der Waals surface area contributed by atoms with E-state index >= 15 is 0 Å². The van der Waals surface area contributed by atoms with Crippen molar-refractivity contribution in [2.24, 2.45) is 0 Å². The van der Waals surface area contributed by atoms with Gasteiger partial charge in [-0.3, -0.25) is 4.40 Å². The first kappa shape index (κ1) is 8.74. The van der Waals surface area contributed by atoms with Gasteiger partial charge in [-0.1, -0.05) is 0 Å². The Morgan fingerprint density at radius 2 is 2.14 bits per heavy atom. The van der Waals surface area contributed by atoms with Crippen LogP contribution in [0.5, 0.6) is 0 Å². The first-order valence-electron chi connectivity index (χ1n) is 4.27. The summed E-state index contributed by atoms with van der Waals surface area (Å²) in [6.07, 6.45) is 3.16. The van der Waals surface area contributed by atoms with E-state index in [0.29, 0.717) is 5.65 Å². The van der Waals surface area contributed by atoms with Crippen LogP contribution < -0.4 is 0 Å². The van der Waals surface area contributed by atoms with Gasteiger partial charge in [-0.25, -0.2) is 9.78 Å². The number of rotatable bonds is 1. The van der Waals surface area contributed by atoms with Gasteiger partial charge >= 0.3 is 5.97 Å². The van der Waals surface area contributed by atoms with Crippen molar-refractivity contribution in [3.05, 3.63) is 35.3 Å². The number of carboxylic acids is 1. The Kier molecular flexibility index (Phi) is 1.77. The molecule has 2 heterocycles. The van der Waals surface area contributed by atoms with Crippen LogP contribution in [0.1, 0.15) is 21.6 Å². The van der Waals surface area contributed by atoms with Crippen LogP contribution in [0.2, 0.25) is 0 Å². The van der Waals surface area contributed by atoms with E-state index in [1.165, 1.54) is 6.20 Å². The van der Waals surface area contributed by atoms with E-state index in [-0.39, 0.29) is 5.69 Å². The maximum Gasteiger partial charge on any atom is 0.354 e. The SMILES string of the molecule is Cc1cc2ncc(C(=O)O)n2cc1C. The van der Waals surface area contributed by atoms with Gasteiger partial charge in [-0.2, -0.15) is 0 Å². The molecular formula is C10H10N2O2. The quantitative estimate of drug-likeness (QED) is 0.743. The predicted octanol–water partition coefficient (Wildman–Crippen LogP) is 1.65. The Hall–Kier alpha value is -1.84. The third-order valence-corrected chi connectivity index (χ3v) is 2.33. The molecule has 2 aromatic heterocycles. The Morgan fingerprint density at radius 1 is 1.43 bits per heavy atom. The lowest BCUT2D eigenvalue weighted by molar-refractivity contribution is 0.0689. The van der Waals surface area contributed by atoms with Crippen LogP contribution in [-0.2, 0) is 0 Å². The molecule has 14 heavy (non-hydrogen) atoms. The summed E-state index contributed by atoms with van der Waals surface area (Å²) >= 11 is 0. The van der Waals surface area contributed by atoms with Crippen LogP contribution in [-0.4, -0.2) is 20.5 Å². The first-order chi connectivity index (χ1) is 6.59. The van der Waals surface area contributed by atoms with E-state index in [0.717, 1.165) is 11.1 Å². The van der Waals surface area contributed by atoms with Crippen molar-refractivity contribution < 1.29 is 9.90 Å². The van der Waals surface area contributed by atoms with Crippen molar-refractivity contribution in [3.63, 3.8) is 0 Å². The molecule has 0 spiro atoms. The smallest absolute Gasteiger partial charge is 0.354 e. The highest BCUT2D eigenvalue weighted by Crippen LogP contribution is 2.12. The number of fused-ring (bicyclic) bond motifs is 1. The van der Waals surface area contributed by atoms with Gasteiger partial charge in [0.1, 0.15) is 5.65 Å². The Morgan fingerprint density at radius 3 is 2.79 bits per heavy atom. The fraction of sp³-hybridized carbons (Fsp3) is 0.200. The van der Waals surface area contributed by atoms with Crippen molar-refractivity contribution in [1.29, 1.82) is 0 Å². The molecule has 4 heteroatoms. The fourth-order valence-corrected chi connectivity index (χ4v) is 1.38. The van der Waals surface area contributed by atoms with Gasteiger partial charge in [-0.15, -0.1) is 0 Å². The number of carboxylic acid groups (broad SMARTS) is 1. The van der Waals surface area contributed by atoms with Crippen molar-refractivity contribution in [2.75, 3.05) is 0 Å². The molecule has 0 saturated heterocycles. The monoisotopic (exact) mass is 190 g/mol. The summed E-state index contributed by atoms with van der Waals surface area (Å²) in [7, 11) is 0. The van der Waals surface area contributed by atoms with E-state index in [1.807, 2.05) is 19.9 Å². The maximum atomic E-state index is 10.8. The van der Waals surface area contributed by atoms with Crippen molar-refractivity contribution in [2.45, 2.75) is 13.8 Å². The topological polar surface area (TPSA) is 54.6 Å². The Labute approximate surface area is 80.8 Å². The first-order valence-corrected chi connectivity index (χ1v) is 4.27. The zero-order valence-corrected chi connectivity index (χ0v) is 7.98. The second-order valence-electron chi connectivity index (χ2n) is 3.32. The van der Waals surface area contributed by atoms with Crippen LogP contribution in [0.4, 0.5) is 0 Å². The van der Waals surface area contributed by atoms with Gasteiger partial charge in [0.05, 0.1) is 6.20 Å². The summed E-state index contributed by atoms with van der Waals surface area (Å²) in [4.78, 5) is 14.8. The summed E-state index contributed by atoms with van der Waals surface area (Å²) in [5, 5.41) is 8.87. The molecular weight excluding hydrogens is 180 g/mol. The number of imidazole rings is 1. The molecule has 0 radical (unpaired) electrons. The van der Waals surface area contributed by atoms with Gasteiger partial charge < -0.3 is 5.11 Å². The summed E-state index contributed by atoms with van der Waals surface area (Å²) in [6.45, 7) is 3.92. The Balaban J connectivity index is 2.80. The molecule has 0 aromatic carbocycles. The lowest BCUT2D eigenvalue weighted by Gasteiger charge is -2.02. The molecule has 0 aliphatic carbocycles. The minimum Gasteiger partial charge on any atom is -0.477 e. The summed E-state index contributed by atoms with van der Waals surface area (Å²) < 4.78 is 1.59. The third-order valence-electron chi connectivity index (χ3n) is 2.33. The predicted molar refractivity (Wildman–Crippen MR) is 51.6 cm³/mol. The molecule has 0 unspecified atom stereocenters. The molecule has 0 amide bonds. The number of pyridine rings is 1. The maximum absolute atomic E-state index is 10.8. The fourth-order valence-electron chi connectivity index (χ4n) is 1.38. The van der Waals surface area contributed by atoms with Crippen molar-refractivity contribution in [3.8, 4) is 0 Å². The van der Waals surface area contributed by atoms with Gasteiger partial charge in [0, 0.05) is 6.20 Å². The minimum atomic E-state index is -0.958. The normalized spacial score (nSPS) is 10.7. The highest BCUT2D eigenvalue weighted by atomic mass is 16.4. The van der Waals surface area contributed by atoms with Gasteiger partial charge in [0.15, 0.2) is 5.69 Å². The van der Waals surface area contributed by atoms with E-state index < -0.39 is 5.97 Å². The molecule has 4 nitrogen and oxygen atoms in total. The molecule has 2 rings (SSSR count). The van der Waals surface area contributed by atoms with Crippen LogP contribution in [0.25, 0.3) is 5.65 Å². The zero-order chi connectivity index (χ0) is 10.3. The molecule has 1 N–H and O–H groups in total. The van der Waals surface area contributed by atoms with Crippen molar-refractivity contribution >= 4 is 11.6 Å². The van der Waals surface area contributed by atoms with Crippen LogP contribution in [0.3, 0.4) is 0 Å². The number of aryl methyl sites for hydroxylation is 2. The van der Waals surface area contributed by atoms with Gasteiger partial charge in [0.25, 0.3) is 0 Å². The number of hydrogen-bond donors (Lipinski definition) is 1. The van der Waals surface area contributed by atoms with E-state index in [4.69, 9.17) is 5.11 Å². The molecule has 72 valence electrons. The standard InChI is InChI=1S/C10H10N2O2/c1-6-3-9-11-4-8(10(13)14)12(9)5-7(6)2/h3-5H,1-2H3,(H,13,14). The highest BCUT2D eigenvalue weighted by molar-refractivity contribution is 5.86. The van der Waals surface area contributed by atoms with Gasteiger partial charge in [0.2, 0.25) is 0 Å². The number of carbonyl (C=O) groups is 1. The van der Waals surface area contributed by atoms with Crippen LogP contribution in [0, 0.1) is 13.8 Å².